The van der Waals surface area contributed by atoms with E-state index < -0.39 is 0 Å². The maximum Gasteiger partial charge on any atom is 0.235 e. The van der Waals surface area contributed by atoms with E-state index in [0.29, 0.717) is 0 Å². The third-order valence-corrected chi connectivity index (χ3v) is 6.00. The number of aromatic nitrogens is 1. The van der Waals surface area contributed by atoms with Gasteiger partial charge in [0, 0.05) is 38.4 Å². The van der Waals surface area contributed by atoms with Gasteiger partial charge in [-0.3, -0.25) is 9.69 Å². The molecular formula is C18H27N3OS. The number of nitrogens with zero attached hydrogens (tertiary/aromatic N) is 3. The van der Waals surface area contributed by atoms with Crippen LogP contribution < -0.4 is 0 Å². The molecule has 1 aliphatic heterocycles. The average molecular weight is 334 g/mol. The normalized spacial score (nSPS) is 22.0. The average Bonchev–Trinajstić information content (AvgIpc) is 3.00. The largest absolute Gasteiger partial charge is 0.340 e. The second kappa shape index (κ2) is 8.15. The highest BCUT2D eigenvalue weighted by Gasteiger charge is 2.28. The molecule has 4 nitrogen and oxygen atoms in total. The van der Waals surface area contributed by atoms with Crippen LogP contribution in [0.25, 0.3) is 0 Å². The van der Waals surface area contributed by atoms with Gasteiger partial charge in [-0.2, -0.15) is 0 Å². The topological polar surface area (TPSA) is 36.4 Å². The molecule has 3 rings (SSSR count). The minimum absolute atomic E-state index is 0.0667. The van der Waals surface area contributed by atoms with E-state index in [1.54, 1.807) is 18.0 Å². The van der Waals surface area contributed by atoms with Crippen LogP contribution >= 0.6 is 11.8 Å². The van der Waals surface area contributed by atoms with Gasteiger partial charge >= 0.3 is 0 Å². The molecule has 2 fully saturated rings. The number of carbonyl (C=O) groups is 1. The van der Waals surface area contributed by atoms with E-state index in [4.69, 9.17) is 0 Å². The third kappa shape index (κ3) is 4.48. The molecule has 126 valence electrons. The van der Waals surface area contributed by atoms with Crippen LogP contribution in [0, 0.1) is 0 Å². The van der Waals surface area contributed by atoms with Crippen molar-refractivity contribution in [3.8, 4) is 0 Å². The quantitative estimate of drug-likeness (QED) is 0.794. The van der Waals surface area contributed by atoms with E-state index in [1.807, 2.05) is 25.1 Å². The maximum atomic E-state index is 12.7. The molecule has 1 saturated heterocycles. The van der Waals surface area contributed by atoms with E-state index in [0.717, 1.165) is 43.7 Å². The van der Waals surface area contributed by atoms with E-state index in [9.17, 15) is 4.79 Å². The first-order valence-corrected chi connectivity index (χ1v) is 9.72. The Labute approximate surface area is 143 Å². The van der Waals surface area contributed by atoms with Crippen LogP contribution in [0.3, 0.4) is 0 Å². The summed E-state index contributed by atoms with van der Waals surface area (Å²) in [6.45, 7) is 5.96. The van der Waals surface area contributed by atoms with E-state index in [2.05, 4.69) is 14.8 Å². The van der Waals surface area contributed by atoms with Gasteiger partial charge in [-0.1, -0.05) is 30.7 Å². The lowest BCUT2D eigenvalue weighted by Crippen LogP contribution is -2.40. The molecule has 5 heteroatoms. The van der Waals surface area contributed by atoms with Crippen LogP contribution in [-0.4, -0.2) is 58.2 Å². The van der Waals surface area contributed by atoms with Gasteiger partial charge in [0.1, 0.15) is 0 Å². The van der Waals surface area contributed by atoms with Crippen molar-refractivity contribution in [3.63, 3.8) is 0 Å². The summed E-state index contributed by atoms with van der Waals surface area (Å²) in [7, 11) is 0. The standard InChI is InChI=1S/C18H27N3OS/c1-15(23-17-9-4-5-10-19-17)18(22)21-12-6-11-20(13-14-21)16-7-2-3-8-16/h4-5,9-10,15-16H,2-3,6-8,11-14H2,1H3/t15-/m0/s1. The van der Waals surface area contributed by atoms with Gasteiger partial charge in [0.05, 0.1) is 10.3 Å². The summed E-state index contributed by atoms with van der Waals surface area (Å²) >= 11 is 1.56. The Balaban J connectivity index is 1.53. The highest BCUT2D eigenvalue weighted by molar-refractivity contribution is 8.00. The highest BCUT2D eigenvalue weighted by atomic mass is 32.2. The summed E-state index contributed by atoms with van der Waals surface area (Å²) in [5.41, 5.74) is 0. The lowest BCUT2D eigenvalue weighted by atomic mass is 10.2. The van der Waals surface area contributed by atoms with Gasteiger partial charge in [-0.15, -0.1) is 0 Å². The Morgan fingerprint density at radius 1 is 1.17 bits per heavy atom. The van der Waals surface area contributed by atoms with Crippen molar-refractivity contribution in [2.24, 2.45) is 0 Å². The fourth-order valence-electron chi connectivity index (χ4n) is 3.70. The van der Waals surface area contributed by atoms with Gasteiger partial charge in [0.2, 0.25) is 5.91 Å². The highest BCUT2D eigenvalue weighted by Crippen LogP contribution is 2.26. The van der Waals surface area contributed by atoms with Crippen LogP contribution in [-0.2, 0) is 4.79 Å². The molecule has 1 aliphatic carbocycles. The zero-order valence-electron chi connectivity index (χ0n) is 14.0. The van der Waals surface area contributed by atoms with Crippen molar-refractivity contribution in [1.29, 1.82) is 0 Å². The number of hydrogen-bond acceptors (Lipinski definition) is 4. The van der Waals surface area contributed by atoms with Crippen LogP contribution in [0.2, 0.25) is 0 Å². The molecule has 0 spiro atoms. The molecule has 0 aromatic carbocycles. The molecule has 1 saturated carbocycles. The Morgan fingerprint density at radius 2 is 2.00 bits per heavy atom. The molecule has 0 bridgehead atoms. The van der Waals surface area contributed by atoms with Crippen LogP contribution in [0.15, 0.2) is 29.4 Å². The monoisotopic (exact) mass is 333 g/mol. The second-order valence-electron chi connectivity index (χ2n) is 6.58. The van der Waals surface area contributed by atoms with Crippen molar-refractivity contribution < 1.29 is 4.79 Å². The Kier molecular flexibility index (Phi) is 5.95. The SMILES string of the molecule is C[C@H](Sc1ccccn1)C(=O)N1CCCN(C2CCCC2)CC1. The summed E-state index contributed by atoms with van der Waals surface area (Å²) in [5.74, 6) is 0.258. The number of carbonyl (C=O) groups excluding carboxylic acids is 1. The lowest BCUT2D eigenvalue weighted by Gasteiger charge is -2.27. The summed E-state index contributed by atoms with van der Waals surface area (Å²) in [5, 5.41) is 0.860. The summed E-state index contributed by atoms with van der Waals surface area (Å²) < 4.78 is 0. The zero-order valence-corrected chi connectivity index (χ0v) is 14.8. The van der Waals surface area contributed by atoms with Gasteiger partial charge in [0.15, 0.2) is 0 Å². The molecule has 1 aromatic rings. The van der Waals surface area contributed by atoms with Crippen molar-refractivity contribution >= 4 is 17.7 Å². The predicted octanol–water partition coefficient (Wildman–Crippen LogP) is 3.04. The van der Waals surface area contributed by atoms with Gasteiger partial charge in [-0.05, 0) is 38.3 Å². The molecule has 1 amide bonds. The minimum atomic E-state index is -0.0667. The fraction of sp³-hybridized carbons (Fsp3) is 0.667. The first-order chi connectivity index (χ1) is 11.2. The van der Waals surface area contributed by atoms with Gasteiger partial charge < -0.3 is 4.90 Å². The summed E-state index contributed by atoms with van der Waals surface area (Å²) in [4.78, 5) is 21.7. The number of thioether (sulfide) groups is 1. The van der Waals surface area contributed by atoms with E-state index in [1.165, 1.54) is 25.7 Å². The third-order valence-electron chi connectivity index (χ3n) is 4.97. The molecule has 2 heterocycles. The number of pyridine rings is 1. The lowest BCUT2D eigenvalue weighted by molar-refractivity contribution is -0.130. The van der Waals surface area contributed by atoms with Crippen molar-refractivity contribution in [1.82, 2.24) is 14.8 Å². The molecular weight excluding hydrogens is 306 g/mol. The van der Waals surface area contributed by atoms with Gasteiger partial charge in [0.25, 0.3) is 0 Å². The molecule has 1 aromatic heterocycles. The first-order valence-electron chi connectivity index (χ1n) is 8.84. The van der Waals surface area contributed by atoms with Gasteiger partial charge in [-0.25, -0.2) is 4.98 Å². The molecule has 1 atom stereocenters. The molecule has 23 heavy (non-hydrogen) atoms. The second-order valence-corrected chi connectivity index (χ2v) is 7.94. The maximum absolute atomic E-state index is 12.7. The van der Waals surface area contributed by atoms with Crippen LogP contribution in [0.1, 0.15) is 39.0 Å². The Bertz CT molecular complexity index is 504. The number of amides is 1. The summed E-state index contributed by atoms with van der Waals surface area (Å²) in [6, 6.07) is 6.62. The van der Waals surface area contributed by atoms with Crippen LogP contribution in [0.4, 0.5) is 0 Å². The Hall–Kier alpha value is -1.07. The number of hydrogen-bond donors (Lipinski definition) is 0. The zero-order chi connectivity index (χ0) is 16.1. The molecule has 2 aliphatic rings. The smallest absolute Gasteiger partial charge is 0.235 e. The van der Waals surface area contributed by atoms with Crippen molar-refractivity contribution in [2.45, 2.75) is 55.3 Å². The molecule has 0 N–H and O–H groups in total. The minimum Gasteiger partial charge on any atom is -0.340 e. The van der Waals surface area contributed by atoms with Crippen LogP contribution in [0.5, 0.6) is 0 Å². The predicted molar refractivity (Wildman–Crippen MR) is 94.6 cm³/mol. The fourth-order valence-corrected chi connectivity index (χ4v) is 4.59. The Morgan fingerprint density at radius 3 is 2.74 bits per heavy atom. The number of rotatable bonds is 4. The van der Waals surface area contributed by atoms with E-state index in [-0.39, 0.29) is 11.2 Å². The molecule has 0 radical (unpaired) electrons. The summed E-state index contributed by atoms with van der Waals surface area (Å²) in [6.07, 6.45) is 8.33. The van der Waals surface area contributed by atoms with E-state index >= 15 is 0 Å². The molecule has 0 unspecified atom stereocenters. The first kappa shape index (κ1) is 16.8. The van der Waals surface area contributed by atoms with Crippen molar-refractivity contribution in [3.05, 3.63) is 24.4 Å². The van der Waals surface area contributed by atoms with Crippen molar-refractivity contribution in [2.75, 3.05) is 26.2 Å².